The Bertz CT molecular complexity index is 639. The Balaban J connectivity index is 1.51. The summed E-state index contributed by atoms with van der Waals surface area (Å²) in [5, 5.41) is 8.11. The maximum Gasteiger partial charge on any atom is 0.0714 e. The molecule has 5 heterocycles. The highest BCUT2D eigenvalue weighted by molar-refractivity contribution is 7.08. The van der Waals surface area contributed by atoms with Crippen molar-refractivity contribution in [2.75, 3.05) is 18.4 Å². The van der Waals surface area contributed by atoms with Gasteiger partial charge in [0.15, 0.2) is 0 Å². The summed E-state index contributed by atoms with van der Waals surface area (Å²) in [6, 6.07) is 5.53. The number of pyridine rings is 1. The third kappa shape index (κ3) is 2.44. The summed E-state index contributed by atoms with van der Waals surface area (Å²) in [7, 11) is 0. The zero-order chi connectivity index (χ0) is 15.1. The Labute approximate surface area is 136 Å². The maximum absolute atomic E-state index is 4.67. The van der Waals surface area contributed by atoms with Gasteiger partial charge in [-0.05, 0) is 68.8 Å². The third-order valence-corrected chi connectivity index (χ3v) is 6.27. The average Bonchev–Trinajstić information content (AvgIpc) is 2.98. The van der Waals surface area contributed by atoms with Gasteiger partial charge in [0, 0.05) is 23.0 Å². The van der Waals surface area contributed by atoms with Gasteiger partial charge in [0.05, 0.1) is 17.6 Å². The van der Waals surface area contributed by atoms with Gasteiger partial charge >= 0.3 is 0 Å². The van der Waals surface area contributed by atoms with E-state index >= 15 is 0 Å². The lowest BCUT2D eigenvalue weighted by Crippen LogP contribution is -2.59. The number of aryl methyl sites for hydroxylation is 1. The molecule has 3 aliphatic rings. The molecule has 3 aliphatic heterocycles. The van der Waals surface area contributed by atoms with E-state index in [0.717, 1.165) is 17.3 Å². The second kappa shape index (κ2) is 5.67. The molecule has 0 aromatic carbocycles. The van der Waals surface area contributed by atoms with Gasteiger partial charge in [0.25, 0.3) is 0 Å². The Morgan fingerprint density at radius 1 is 1.23 bits per heavy atom. The molecule has 0 radical (unpaired) electrons. The monoisotopic (exact) mass is 313 g/mol. The number of anilines is 1. The van der Waals surface area contributed by atoms with Crippen molar-refractivity contribution >= 4 is 17.0 Å². The van der Waals surface area contributed by atoms with Gasteiger partial charge in [-0.15, -0.1) is 0 Å². The molecule has 3 saturated heterocycles. The number of piperidine rings is 3. The molecular formula is C18H23N3S. The first-order valence-electron chi connectivity index (χ1n) is 8.22. The Kier molecular flexibility index (Phi) is 3.66. The van der Waals surface area contributed by atoms with Crippen LogP contribution in [0.2, 0.25) is 0 Å². The molecule has 22 heavy (non-hydrogen) atoms. The normalized spacial score (nSPS) is 30.5. The molecule has 0 aliphatic carbocycles. The van der Waals surface area contributed by atoms with E-state index in [2.05, 4.69) is 51.9 Å². The van der Waals surface area contributed by atoms with Crippen LogP contribution in [0.3, 0.4) is 0 Å². The number of fused-ring (bicyclic) bond motifs is 3. The van der Waals surface area contributed by atoms with Crippen LogP contribution >= 0.6 is 11.3 Å². The number of aromatic nitrogens is 1. The summed E-state index contributed by atoms with van der Waals surface area (Å²) in [4.78, 5) is 7.28. The number of hydrogen-bond acceptors (Lipinski definition) is 4. The molecule has 0 saturated carbocycles. The van der Waals surface area contributed by atoms with Crippen LogP contribution in [0, 0.1) is 12.8 Å². The van der Waals surface area contributed by atoms with Crippen LogP contribution in [0.1, 0.15) is 25.3 Å². The molecule has 116 valence electrons. The molecule has 2 aromatic heterocycles. The lowest BCUT2D eigenvalue weighted by molar-refractivity contribution is 0.0458. The molecule has 4 heteroatoms. The molecule has 3 nitrogen and oxygen atoms in total. The van der Waals surface area contributed by atoms with Crippen LogP contribution < -0.4 is 5.32 Å². The highest BCUT2D eigenvalue weighted by Crippen LogP contribution is 2.34. The van der Waals surface area contributed by atoms with Gasteiger partial charge < -0.3 is 5.32 Å². The number of thiophene rings is 1. The summed E-state index contributed by atoms with van der Waals surface area (Å²) in [5.41, 5.74) is 4.80. The van der Waals surface area contributed by atoms with Crippen molar-refractivity contribution in [2.45, 2.75) is 38.8 Å². The van der Waals surface area contributed by atoms with Gasteiger partial charge in [-0.1, -0.05) is 0 Å². The second-order valence-electron chi connectivity index (χ2n) is 6.68. The Morgan fingerprint density at radius 2 is 2.05 bits per heavy atom. The SMILES string of the molecule is Cc1cscc1-c1ccc(N[C@@H]2C3CCN(CC3)[C@@H]2C)cn1. The molecule has 0 amide bonds. The van der Waals surface area contributed by atoms with E-state index in [1.165, 1.54) is 37.1 Å². The minimum Gasteiger partial charge on any atom is -0.379 e. The van der Waals surface area contributed by atoms with Crippen LogP contribution in [0.15, 0.2) is 29.1 Å². The van der Waals surface area contributed by atoms with Crippen LogP contribution in [0.5, 0.6) is 0 Å². The molecule has 3 fully saturated rings. The van der Waals surface area contributed by atoms with Gasteiger partial charge in [-0.25, -0.2) is 0 Å². The van der Waals surface area contributed by atoms with Crippen molar-refractivity contribution in [1.29, 1.82) is 0 Å². The standard InChI is InChI=1S/C18H23N3S/c1-12-10-22-11-16(12)17-4-3-15(9-19-17)20-18-13(2)21-7-5-14(18)6-8-21/h3-4,9-11,13-14,18,20H,5-8H2,1-2H3/t13-,18+/m1/s1. The van der Waals surface area contributed by atoms with E-state index in [0.29, 0.717) is 12.1 Å². The highest BCUT2D eigenvalue weighted by atomic mass is 32.1. The van der Waals surface area contributed by atoms with E-state index in [4.69, 9.17) is 0 Å². The predicted octanol–water partition coefficient (Wildman–Crippen LogP) is 4.01. The van der Waals surface area contributed by atoms with E-state index in [9.17, 15) is 0 Å². The van der Waals surface area contributed by atoms with Crippen molar-refractivity contribution in [3.05, 3.63) is 34.7 Å². The summed E-state index contributed by atoms with van der Waals surface area (Å²) < 4.78 is 0. The van der Waals surface area contributed by atoms with Crippen LogP contribution in [0.4, 0.5) is 5.69 Å². The predicted molar refractivity (Wildman–Crippen MR) is 93.5 cm³/mol. The molecule has 0 unspecified atom stereocenters. The number of nitrogens with zero attached hydrogens (tertiary/aromatic N) is 2. The maximum atomic E-state index is 4.67. The van der Waals surface area contributed by atoms with Gasteiger partial charge in [0.1, 0.15) is 0 Å². The largest absolute Gasteiger partial charge is 0.379 e. The van der Waals surface area contributed by atoms with Crippen molar-refractivity contribution in [3.63, 3.8) is 0 Å². The second-order valence-corrected chi connectivity index (χ2v) is 7.43. The lowest BCUT2D eigenvalue weighted by Gasteiger charge is -2.50. The quantitative estimate of drug-likeness (QED) is 0.928. The van der Waals surface area contributed by atoms with Crippen molar-refractivity contribution < 1.29 is 0 Å². The Morgan fingerprint density at radius 3 is 2.64 bits per heavy atom. The van der Waals surface area contributed by atoms with E-state index in [1.807, 2.05) is 6.20 Å². The fourth-order valence-electron chi connectivity index (χ4n) is 4.00. The molecule has 2 aromatic rings. The zero-order valence-electron chi connectivity index (χ0n) is 13.2. The number of nitrogens with one attached hydrogen (secondary N) is 1. The van der Waals surface area contributed by atoms with E-state index < -0.39 is 0 Å². The molecule has 1 N–H and O–H groups in total. The molecule has 5 rings (SSSR count). The molecule has 0 spiro atoms. The molecule has 2 atom stereocenters. The van der Waals surface area contributed by atoms with E-state index in [1.54, 1.807) is 11.3 Å². The van der Waals surface area contributed by atoms with E-state index in [-0.39, 0.29) is 0 Å². The first-order chi connectivity index (χ1) is 10.7. The zero-order valence-corrected chi connectivity index (χ0v) is 14.1. The molecular weight excluding hydrogens is 290 g/mol. The Hall–Kier alpha value is -1.39. The average molecular weight is 313 g/mol. The third-order valence-electron chi connectivity index (χ3n) is 5.41. The first-order valence-corrected chi connectivity index (χ1v) is 9.16. The summed E-state index contributed by atoms with van der Waals surface area (Å²) >= 11 is 1.74. The van der Waals surface area contributed by atoms with Crippen molar-refractivity contribution in [1.82, 2.24) is 9.88 Å². The highest BCUT2D eigenvalue weighted by Gasteiger charge is 2.39. The van der Waals surface area contributed by atoms with Gasteiger partial charge in [-0.2, -0.15) is 11.3 Å². The molecule has 2 bridgehead atoms. The fourth-order valence-corrected chi connectivity index (χ4v) is 4.84. The number of hydrogen-bond donors (Lipinski definition) is 1. The minimum atomic E-state index is 0.568. The van der Waals surface area contributed by atoms with Crippen LogP contribution in [-0.4, -0.2) is 35.1 Å². The van der Waals surface area contributed by atoms with Gasteiger partial charge in [-0.3, -0.25) is 9.88 Å². The van der Waals surface area contributed by atoms with Crippen molar-refractivity contribution in [2.24, 2.45) is 5.92 Å². The van der Waals surface area contributed by atoms with Crippen molar-refractivity contribution in [3.8, 4) is 11.3 Å². The fraction of sp³-hybridized carbons (Fsp3) is 0.500. The van der Waals surface area contributed by atoms with Gasteiger partial charge in [0.2, 0.25) is 0 Å². The summed E-state index contributed by atoms with van der Waals surface area (Å²) in [5.74, 6) is 0.818. The lowest BCUT2D eigenvalue weighted by atomic mass is 9.79. The smallest absolute Gasteiger partial charge is 0.0714 e. The van der Waals surface area contributed by atoms with Crippen LogP contribution in [-0.2, 0) is 0 Å². The van der Waals surface area contributed by atoms with Crippen LogP contribution in [0.25, 0.3) is 11.3 Å². The number of rotatable bonds is 3. The first kappa shape index (κ1) is 14.2. The summed E-state index contributed by atoms with van der Waals surface area (Å²) in [6.07, 6.45) is 4.67. The topological polar surface area (TPSA) is 28.2 Å². The summed E-state index contributed by atoms with van der Waals surface area (Å²) in [6.45, 7) is 7.06. The minimum absolute atomic E-state index is 0.568.